The Balaban J connectivity index is 2.56. The molecule has 0 spiro atoms. The molecule has 7 heteroatoms. The predicted octanol–water partition coefficient (Wildman–Crippen LogP) is 3.44. The summed E-state index contributed by atoms with van der Waals surface area (Å²) in [5.41, 5.74) is 0.215. The van der Waals surface area contributed by atoms with E-state index in [0.717, 1.165) is 11.5 Å². The van der Waals surface area contributed by atoms with Crippen molar-refractivity contribution >= 4 is 22.7 Å². The second-order valence-corrected chi connectivity index (χ2v) is 5.18. The fraction of sp³-hybridized carbons (Fsp3) is 0.200. The first kappa shape index (κ1) is 19.5. The van der Waals surface area contributed by atoms with E-state index in [1.54, 1.807) is 50.3 Å². The maximum absolute atomic E-state index is 12.7. The molecule has 27 heavy (non-hydrogen) atoms. The highest BCUT2D eigenvalue weighted by Crippen LogP contribution is 2.21. The van der Waals surface area contributed by atoms with Crippen LogP contribution in [0.5, 0.6) is 0 Å². The van der Waals surface area contributed by atoms with Crippen LogP contribution in [0.1, 0.15) is 24.2 Å². The number of rotatable bonds is 7. The van der Waals surface area contributed by atoms with E-state index in [1.807, 2.05) is 0 Å². The molecule has 0 aliphatic rings. The normalized spacial score (nSPS) is 10.6. The molecule has 0 saturated carbocycles. The lowest BCUT2D eigenvalue weighted by Gasteiger charge is -2.12. The highest BCUT2D eigenvalue weighted by molar-refractivity contribution is 6.11. The summed E-state index contributed by atoms with van der Waals surface area (Å²) in [7, 11) is 0. The largest absolute Gasteiger partial charge is 0.491 e. The number of nitrogens with zero attached hydrogens (tertiary/aromatic N) is 2. The van der Waals surface area contributed by atoms with Gasteiger partial charge in [-0.1, -0.05) is 0 Å². The lowest BCUT2D eigenvalue weighted by molar-refractivity contribution is -0.138. The summed E-state index contributed by atoms with van der Waals surface area (Å²) in [5.74, 6) is -1.64. The molecule has 0 N–H and O–H groups in total. The van der Waals surface area contributed by atoms with Gasteiger partial charge in [-0.2, -0.15) is 10.5 Å². The number of hydrogen-bond acceptors (Lipinski definition) is 7. The first-order chi connectivity index (χ1) is 13.0. The summed E-state index contributed by atoms with van der Waals surface area (Å²) in [6, 6.07) is 9.84. The fourth-order valence-corrected chi connectivity index (χ4v) is 2.32. The molecule has 0 atom stereocenters. The Labute approximate surface area is 155 Å². The number of ketones is 1. The van der Waals surface area contributed by atoms with Crippen molar-refractivity contribution in [2.75, 3.05) is 13.2 Å². The van der Waals surface area contributed by atoms with Crippen molar-refractivity contribution in [3.8, 4) is 12.1 Å². The van der Waals surface area contributed by atoms with Crippen molar-refractivity contribution in [2.45, 2.75) is 13.8 Å². The molecule has 0 saturated heterocycles. The SMILES string of the molecule is CCOC(=O)/C(=C/C(=O)c1ccc2occc2c1)C(OCC)=C(C#N)C#N. The Morgan fingerprint density at radius 2 is 1.81 bits per heavy atom. The summed E-state index contributed by atoms with van der Waals surface area (Å²) < 4.78 is 15.5. The first-order valence-corrected chi connectivity index (χ1v) is 8.13. The highest BCUT2D eigenvalue weighted by atomic mass is 16.5. The molecule has 2 rings (SSSR count). The number of benzene rings is 1. The minimum absolute atomic E-state index is 0.0547. The molecule has 0 aliphatic carbocycles. The van der Waals surface area contributed by atoms with Crippen LogP contribution in [0.2, 0.25) is 0 Å². The van der Waals surface area contributed by atoms with Crippen LogP contribution in [-0.4, -0.2) is 25.0 Å². The van der Waals surface area contributed by atoms with E-state index < -0.39 is 17.3 Å². The minimum atomic E-state index is -0.860. The van der Waals surface area contributed by atoms with E-state index in [9.17, 15) is 9.59 Å². The molecule has 0 unspecified atom stereocenters. The number of allylic oxidation sites excluding steroid dienone is 2. The summed E-state index contributed by atoms with van der Waals surface area (Å²) in [6.07, 6.45) is 2.51. The van der Waals surface area contributed by atoms with Gasteiger partial charge in [-0.3, -0.25) is 4.79 Å². The third-order valence-electron chi connectivity index (χ3n) is 3.49. The average Bonchev–Trinajstić information content (AvgIpc) is 3.14. The highest BCUT2D eigenvalue weighted by Gasteiger charge is 2.23. The van der Waals surface area contributed by atoms with Gasteiger partial charge in [-0.05, 0) is 38.1 Å². The molecule has 2 aromatic rings. The van der Waals surface area contributed by atoms with Gasteiger partial charge in [-0.25, -0.2) is 4.79 Å². The van der Waals surface area contributed by atoms with Gasteiger partial charge in [0.2, 0.25) is 0 Å². The Kier molecular flexibility index (Phi) is 6.51. The first-order valence-electron chi connectivity index (χ1n) is 8.13. The van der Waals surface area contributed by atoms with E-state index in [1.165, 1.54) is 6.26 Å². The minimum Gasteiger partial charge on any atom is -0.491 e. The third-order valence-corrected chi connectivity index (χ3v) is 3.49. The Bertz CT molecular complexity index is 999. The zero-order valence-electron chi connectivity index (χ0n) is 14.8. The van der Waals surface area contributed by atoms with E-state index in [4.69, 9.17) is 24.4 Å². The van der Waals surface area contributed by atoms with Gasteiger partial charge in [0, 0.05) is 17.0 Å². The van der Waals surface area contributed by atoms with Crippen LogP contribution < -0.4 is 0 Å². The lowest BCUT2D eigenvalue weighted by atomic mass is 10.0. The topological polar surface area (TPSA) is 113 Å². The number of nitriles is 2. The molecular weight excluding hydrogens is 348 g/mol. The van der Waals surface area contributed by atoms with Crippen LogP contribution in [0.3, 0.4) is 0 Å². The number of ether oxygens (including phenoxy) is 2. The third kappa shape index (κ3) is 4.42. The Morgan fingerprint density at radius 1 is 1.11 bits per heavy atom. The number of furan rings is 1. The van der Waals surface area contributed by atoms with Crippen molar-refractivity contribution in [3.63, 3.8) is 0 Å². The quantitative estimate of drug-likeness (QED) is 0.185. The van der Waals surface area contributed by atoms with Gasteiger partial charge in [0.15, 0.2) is 17.1 Å². The summed E-state index contributed by atoms with van der Waals surface area (Å²) >= 11 is 0. The smallest absolute Gasteiger partial charge is 0.342 e. The molecule has 0 amide bonds. The maximum Gasteiger partial charge on any atom is 0.342 e. The molecule has 1 heterocycles. The summed E-state index contributed by atoms with van der Waals surface area (Å²) in [6.45, 7) is 3.38. The van der Waals surface area contributed by atoms with Gasteiger partial charge >= 0.3 is 5.97 Å². The maximum atomic E-state index is 12.7. The van der Waals surface area contributed by atoms with Crippen LogP contribution in [0.15, 0.2) is 57.9 Å². The number of esters is 1. The van der Waals surface area contributed by atoms with Crippen LogP contribution in [0.25, 0.3) is 11.0 Å². The predicted molar refractivity (Wildman–Crippen MR) is 95.1 cm³/mol. The van der Waals surface area contributed by atoms with Gasteiger partial charge in [0.25, 0.3) is 0 Å². The standard InChI is InChI=1S/C20H16N2O5/c1-3-25-19(15(11-21)12-22)16(20(24)26-4-2)10-17(23)13-5-6-18-14(9-13)7-8-27-18/h5-10H,3-4H2,1-2H3/b16-10+. The molecule has 0 bridgehead atoms. The molecular formula is C20H16N2O5. The van der Waals surface area contributed by atoms with Crippen molar-refractivity contribution in [1.82, 2.24) is 0 Å². The molecule has 0 fully saturated rings. The zero-order valence-corrected chi connectivity index (χ0v) is 14.8. The molecule has 1 aromatic heterocycles. The monoisotopic (exact) mass is 364 g/mol. The fourth-order valence-electron chi connectivity index (χ4n) is 2.32. The number of fused-ring (bicyclic) bond motifs is 1. The van der Waals surface area contributed by atoms with Crippen molar-refractivity contribution < 1.29 is 23.5 Å². The number of carbonyl (C=O) groups is 2. The van der Waals surface area contributed by atoms with E-state index in [-0.39, 0.29) is 24.5 Å². The zero-order chi connectivity index (χ0) is 19.8. The second-order valence-electron chi connectivity index (χ2n) is 5.18. The van der Waals surface area contributed by atoms with Crippen LogP contribution >= 0.6 is 0 Å². The van der Waals surface area contributed by atoms with Crippen molar-refractivity contribution in [1.29, 1.82) is 10.5 Å². The van der Waals surface area contributed by atoms with Gasteiger partial charge < -0.3 is 13.9 Å². The van der Waals surface area contributed by atoms with Crippen LogP contribution in [0, 0.1) is 22.7 Å². The summed E-state index contributed by atoms with van der Waals surface area (Å²) in [4.78, 5) is 25.0. The van der Waals surface area contributed by atoms with Crippen LogP contribution in [0.4, 0.5) is 0 Å². The van der Waals surface area contributed by atoms with Gasteiger partial charge in [0.1, 0.15) is 23.3 Å². The van der Waals surface area contributed by atoms with E-state index in [0.29, 0.717) is 11.1 Å². The molecule has 0 aliphatic heterocycles. The van der Waals surface area contributed by atoms with Gasteiger partial charge in [0.05, 0.1) is 19.5 Å². The molecule has 0 radical (unpaired) electrons. The van der Waals surface area contributed by atoms with E-state index in [2.05, 4.69) is 0 Å². The van der Waals surface area contributed by atoms with Crippen molar-refractivity contribution in [2.24, 2.45) is 0 Å². The van der Waals surface area contributed by atoms with E-state index >= 15 is 0 Å². The Hall–Kier alpha value is -3.84. The summed E-state index contributed by atoms with van der Waals surface area (Å²) in [5, 5.41) is 19.0. The van der Waals surface area contributed by atoms with Crippen molar-refractivity contribution in [3.05, 3.63) is 59.1 Å². The average molecular weight is 364 g/mol. The number of hydrogen-bond donors (Lipinski definition) is 0. The Morgan fingerprint density at radius 3 is 2.44 bits per heavy atom. The molecule has 1 aromatic carbocycles. The molecule has 7 nitrogen and oxygen atoms in total. The van der Waals surface area contributed by atoms with Crippen LogP contribution in [-0.2, 0) is 14.3 Å². The lowest BCUT2D eigenvalue weighted by Crippen LogP contribution is -2.15. The number of carbonyl (C=O) groups excluding carboxylic acids is 2. The second kappa shape index (κ2) is 9.02. The van der Waals surface area contributed by atoms with Gasteiger partial charge in [-0.15, -0.1) is 0 Å². The molecule has 136 valence electrons.